The number of carbonyl (C=O) groups excluding carboxylic acids is 3. The van der Waals surface area contributed by atoms with Gasteiger partial charge in [0.2, 0.25) is 5.91 Å². The van der Waals surface area contributed by atoms with Crippen LogP contribution < -0.4 is 15.5 Å². The van der Waals surface area contributed by atoms with Gasteiger partial charge in [0, 0.05) is 26.2 Å². The number of carbonyl (C=O) groups is 3. The highest BCUT2D eigenvalue weighted by Gasteiger charge is 2.35. The Bertz CT molecular complexity index is 833. The number of Topliss-reactive ketones (excluding diaryl/α,β-unsaturated/α-hetero) is 1. The van der Waals surface area contributed by atoms with Crippen molar-refractivity contribution in [3.63, 3.8) is 0 Å². The molecule has 2 amide bonds. The molecule has 2 aliphatic rings. The lowest BCUT2D eigenvalue weighted by Gasteiger charge is -2.29. The molecule has 8 heteroatoms. The molecule has 1 aromatic rings. The van der Waals surface area contributed by atoms with Gasteiger partial charge < -0.3 is 25.4 Å². The van der Waals surface area contributed by atoms with Crippen molar-refractivity contribution in [3.8, 4) is 5.75 Å². The van der Waals surface area contributed by atoms with Gasteiger partial charge in [0.25, 0.3) is 5.91 Å². The van der Waals surface area contributed by atoms with Crippen molar-refractivity contribution in [1.29, 1.82) is 0 Å². The summed E-state index contributed by atoms with van der Waals surface area (Å²) < 4.78 is 5.15. The smallest absolute Gasteiger partial charge is 0.252 e. The summed E-state index contributed by atoms with van der Waals surface area (Å²) in [5, 5.41) is 15.7. The van der Waals surface area contributed by atoms with Crippen LogP contribution in [0.15, 0.2) is 18.2 Å². The molecule has 1 aromatic carbocycles. The van der Waals surface area contributed by atoms with Crippen LogP contribution in [0, 0.1) is 11.3 Å². The predicted octanol–water partition coefficient (Wildman–Crippen LogP) is 1.86. The number of rotatable bonds is 8. The van der Waals surface area contributed by atoms with Gasteiger partial charge in [-0.25, -0.2) is 0 Å². The highest BCUT2D eigenvalue weighted by atomic mass is 16.5. The molecule has 0 radical (unpaired) electrons. The molecule has 0 bridgehead atoms. The van der Waals surface area contributed by atoms with Crippen molar-refractivity contribution < 1.29 is 24.2 Å². The van der Waals surface area contributed by atoms with Crippen LogP contribution in [0.1, 0.15) is 49.4 Å². The summed E-state index contributed by atoms with van der Waals surface area (Å²) >= 11 is 0. The van der Waals surface area contributed by atoms with Crippen LogP contribution in [0.5, 0.6) is 5.75 Å². The normalized spacial score (nSPS) is 21.0. The quantitative estimate of drug-likeness (QED) is 0.580. The van der Waals surface area contributed by atoms with Crippen LogP contribution in [0.4, 0.5) is 5.69 Å². The number of ether oxygens (including phenoxy) is 1. The molecule has 1 unspecified atom stereocenters. The molecule has 8 nitrogen and oxygen atoms in total. The Morgan fingerprint density at radius 3 is 2.61 bits per heavy atom. The first-order valence-corrected chi connectivity index (χ1v) is 10.9. The van der Waals surface area contributed by atoms with Gasteiger partial charge in [-0.3, -0.25) is 14.4 Å². The third-order valence-electron chi connectivity index (χ3n) is 6.39. The summed E-state index contributed by atoms with van der Waals surface area (Å²) in [4.78, 5) is 39.5. The Balaban J connectivity index is 1.72. The van der Waals surface area contributed by atoms with Gasteiger partial charge in [0.05, 0.1) is 18.2 Å². The number of nitrogens with one attached hydrogen (secondary N) is 2. The van der Waals surface area contributed by atoms with Gasteiger partial charge in [0.1, 0.15) is 18.4 Å². The largest absolute Gasteiger partial charge is 0.506 e. The van der Waals surface area contributed by atoms with E-state index in [1.165, 1.54) is 6.07 Å². The van der Waals surface area contributed by atoms with E-state index >= 15 is 0 Å². The lowest BCUT2D eigenvalue weighted by Crippen LogP contribution is -2.50. The summed E-state index contributed by atoms with van der Waals surface area (Å²) in [6, 6.07) is 3.91. The van der Waals surface area contributed by atoms with E-state index in [2.05, 4.69) is 17.6 Å². The highest BCUT2D eigenvalue weighted by Crippen LogP contribution is 2.41. The topological polar surface area (TPSA) is 108 Å². The second-order valence-corrected chi connectivity index (χ2v) is 9.27. The minimum atomic E-state index is -0.704. The minimum Gasteiger partial charge on any atom is -0.506 e. The van der Waals surface area contributed by atoms with E-state index in [1.807, 2.05) is 0 Å². The first kappa shape index (κ1) is 23.1. The number of aromatic hydroxyl groups is 1. The zero-order chi connectivity index (χ0) is 22.6. The predicted molar refractivity (Wildman–Crippen MR) is 117 cm³/mol. The molecule has 1 heterocycles. The molecule has 31 heavy (non-hydrogen) atoms. The Hall–Kier alpha value is -2.61. The third kappa shape index (κ3) is 5.76. The van der Waals surface area contributed by atoms with E-state index in [9.17, 15) is 19.5 Å². The van der Waals surface area contributed by atoms with Crippen molar-refractivity contribution in [2.45, 2.75) is 45.1 Å². The Labute approximate surface area is 183 Å². The molecule has 3 rings (SSSR count). The molecule has 1 aliphatic heterocycles. The van der Waals surface area contributed by atoms with Gasteiger partial charge in [0.15, 0.2) is 5.78 Å². The highest BCUT2D eigenvalue weighted by molar-refractivity contribution is 5.98. The number of ketones is 1. The molecule has 1 saturated heterocycles. The Morgan fingerprint density at radius 1 is 1.29 bits per heavy atom. The van der Waals surface area contributed by atoms with Crippen LogP contribution in [-0.2, 0) is 14.3 Å². The van der Waals surface area contributed by atoms with E-state index < -0.39 is 6.04 Å². The van der Waals surface area contributed by atoms with Crippen molar-refractivity contribution in [2.75, 3.05) is 38.8 Å². The molecule has 0 spiro atoms. The molecule has 1 saturated carbocycles. The van der Waals surface area contributed by atoms with Crippen molar-refractivity contribution in [1.82, 2.24) is 10.6 Å². The maximum Gasteiger partial charge on any atom is 0.252 e. The summed E-state index contributed by atoms with van der Waals surface area (Å²) in [6.07, 6.45) is 4.82. The van der Waals surface area contributed by atoms with Gasteiger partial charge in [-0.2, -0.15) is 0 Å². The van der Waals surface area contributed by atoms with E-state index in [1.54, 1.807) is 31.1 Å². The second-order valence-electron chi connectivity index (χ2n) is 9.27. The van der Waals surface area contributed by atoms with Crippen LogP contribution in [0.25, 0.3) is 0 Å². The zero-order valence-electron chi connectivity index (χ0n) is 18.6. The molecule has 3 N–H and O–H groups in total. The molecule has 2 atom stereocenters. The fourth-order valence-electron chi connectivity index (χ4n) is 4.43. The number of hydrogen-bond donors (Lipinski definition) is 3. The summed E-state index contributed by atoms with van der Waals surface area (Å²) in [7, 11) is 3.56. The number of phenolic OH excluding ortho intramolecular Hbond substituents is 1. The number of anilines is 1. The van der Waals surface area contributed by atoms with Crippen LogP contribution >= 0.6 is 0 Å². The average Bonchev–Trinajstić information content (AvgIpc) is 3.33. The van der Waals surface area contributed by atoms with E-state index in [-0.39, 0.29) is 47.8 Å². The van der Waals surface area contributed by atoms with Gasteiger partial charge in [-0.1, -0.05) is 19.8 Å². The summed E-state index contributed by atoms with van der Waals surface area (Å²) in [5.74, 6) is -0.915. The standard InChI is InChI=1S/C23H33N3O5/c1-23(8-4-5-9-23)11-17(22(30)24-12-16-13-31-14-20(16)28)25-21(29)15-6-7-19(27)18(10-15)26(2)3/h6-7,10,16-17,27H,4-5,8-9,11-14H2,1-3H3,(H,24,30)(H,25,29)/t16?,17-/m0/s1. The molecule has 170 valence electrons. The van der Waals surface area contributed by atoms with Gasteiger partial charge in [-0.15, -0.1) is 0 Å². The Morgan fingerprint density at radius 2 is 2.00 bits per heavy atom. The molecular weight excluding hydrogens is 398 g/mol. The lowest BCUT2D eigenvalue weighted by molar-refractivity contribution is -0.124. The average molecular weight is 432 g/mol. The monoisotopic (exact) mass is 431 g/mol. The van der Waals surface area contributed by atoms with Crippen LogP contribution in [0.3, 0.4) is 0 Å². The van der Waals surface area contributed by atoms with E-state index in [4.69, 9.17) is 4.74 Å². The summed E-state index contributed by atoms with van der Waals surface area (Å²) in [6.45, 7) is 2.78. The van der Waals surface area contributed by atoms with Crippen molar-refractivity contribution in [3.05, 3.63) is 23.8 Å². The third-order valence-corrected chi connectivity index (χ3v) is 6.39. The lowest BCUT2D eigenvalue weighted by atomic mass is 9.81. The SMILES string of the molecule is CN(C)c1cc(C(=O)N[C@@H](CC2(C)CCCC2)C(=O)NCC2COCC2=O)ccc1O. The first-order chi connectivity index (χ1) is 14.7. The van der Waals surface area contributed by atoms with Gasteiger partial charge in [-0.05, 0) is 42.9 Å². The maximum absolute atomic E-state index is 13.0. The zero-order valence-corrected chi connectivity index (χ0v) is 18.6. The van der Waals surface area contributed by atoms with Crippen molar-refractivity contribution in [2.24, 2.45) is 11.3 Å². The Kier molecular flexibility index (Phi) is 7.20. The number of hydrogen-bond acceptors (Lipinski definition) is 6. The minimum absolute atomic E-state index is 0.00860. The van der Waals surface area contributed by atoms with Crippen LogP contribution in [0.2, 0.25) is 0 Å². The molecule has 2 fully saturated rings. The number of nitrogens with zero attached hydrogens (tertiary/aromatic N) is 1. The molecule has 1 aliphatic carbocycles. The second kappa shape index (κ2) is 9.68. The van der Waals surface area contributed by atoms with E-state index in [0.29, 0.717) is 24.3 Å². The van der Waals surface area contributed by atoms with Crippen molar-refractivity contribution >= 4 is 23.3 Å². The van der Waals surface area contributed by atoms with Gasteiger partial charge >= 0.3 is 0 Å². The van der Waals surface area contributed by atoms with E-state index in [0.717, 1.165) is 25.7 Å². The maximum atomic E-state index is 13.0. The number of benzene rings is 1. The summed E-state index contributed by atoms with van der Waals surface area (Å²) in [5.41, 5.74) is 0.886. The number of amides is 2. The fraction of sp³-hybridized carbons (Fsp3) is 0.609. The fourth-order valence-corrected chi connectivity index (χ4v) is 4.43. The first-order valence-electron chi connectivity index (χ1n) is 10.9. The molecular formula is C23H33N3O5. The molecule has 0 aromatic heterocycles. The number of phenols is 1. The van der Waals surface area contributed by atoms with Crippen LogP contribution in [-0.4, -0.2) is 62.6 Å².